The van der Waals surface area contributed by atoms with Gasteiger partial charge in [-0.1, -0.05) is 263 Å². The van der Waals surface area contributed by atoms with Gasteiger partial charge in [-0.05, 0) is 181 Å². The Labute approximate surface area is 555 Å². The minimum Gasteiger partial charge on any atom is -0.310 e. The molecule has 0 radical (unpaired) electrons. The van der Waals surface area contributed by atoms with Crippen LogP contribution in [0.4, 0.5) is 0 Å². The lowest BCUT2D eigenvalue weighted by Crippen LogP contribution is -2.59. The summed E-state index contributed by atoms with van der Waals surface area (Å²) in [5, 5.41) is 6.28. The van der Waals surface area contributed by atoms with Gasteiger partial charge in [-0.3, -0.25) is 0 Å². The van der Waals surface area contributed by atoms with Crippen LogP contribution in [-0.2, 0) is 43.3 Å². The fourth-order valence-electron chi connectivity index (χ4n) is 15.2. The highest BCUT2D eigenvalue weighted by Crippen LogP contribution is 2.49. The van der Waals surface area contributed by atoms with E-state index in [2.05, 4.69) is 327 Å². The SMILES string of the molecule is CC(C)(C)c1ccc(-c2cc3c4c(c2)c2c(C(C)(C)C)cc(C(C)(C)C)cc2n4-c2cc(-c4nc(-c5cc(C(C)(C)C)cc(C(C)(C)C)c5)nc5ccccc45)cc4c2B3c2cc(-c3ccc(C(C)(C)C)cc3)cc3c5c(C(C)(C)C)cc(C(C)(C)C)cc5n-4c23)cc1. The number of fused-ring (bicyclic) bond motifs is 11. The number of hydrogen-bond donors (Lipinski definition) is 0. The fourth-order valence-corrected chi connectivity index (χ4v) is 15.2. The zero-order valence-corrected chi connectivity index (χ0v) is 60.3. The molecule has 0 aliphatic carbocycles. The predicted molar refractivity (Wildman–Crippen MR) is 404 cm³/mol. The van der Waals surface area contributed by atoms with Crippen LogP contribution in [0.2, 0.25) is 0 Å². The molecular weight excluding hydrogens is 1120 g/mol. The lowest BCUT2D eigenvalue weighted by molar-refractivity contribution is 0.569. The first-order valence-corrected chi connectivity index (χ1v) is 34.3. The van der Waals surface area contributed by atoms with Crippen LogP contribution in [0.15, 0.2) is 152 Å². The third kappa shape index (κ3) is 10.2. The van der Waals surface area contributed by atoms with Crippen LogP contribution in [0.3, 0.4) is 0 Å². The number of rotatable bonds is 4. The van der Waals surface area contributed by atoms with Crippen molar-refractivity contribution in [3.05, 3.63) is 196 Å². The summed E-state index contributed by atoms with van der Waals surface area (Å²) in [6.45, 7) is 56.4. The molecule has 0 saturated carbocycles. The van der Waals surface area contributed by atoms with Crippen molar-refractivity contribution in [3.63, 3.8) is 0 Å². The van der Waals surface area contributed by atoms with E-state index in [4.69, 9.17) is 9.97 Å². The molecule has 0 bridgehead atoms. The van der Waals surface area contributed by atoms with Gasteiger partial charge in [0.25, 0.3) is 6.71 Å². The molecule has 0 amide bonds. The van der Waals surface area contributed by atoms with Crippen molar-refractivity contribution in [1.29, 1.82) is 0 Å². The molecule has 5 heterocycles. The van der Waals surface area contributed by atoms with Crippen LogP contribution in [0.1, 0.15) is 211 Å². The number of aromatic nitrogens is 4. The molecule has 0 atom stereocenters. The summed E-state index contributed by atoms with van der Waals surface area (Å²) in [6.07, 6.45) is 0. The standard InChI is InChI=1S/C88H97BN4/c1-81(2,3)56-33-29-50(30-34-56)52-39-63-74-65(87(19,20)21)46-60(85(13,14)15)48-70(74)92-72-43-54(77-62-27-25-26-28-69(62)90-80(91-77)55-37-58(83(7,8)9)45-59(38-55)84(10,11)12)44-73-76(72)89(67(41-52)78(63)92)68-42-53(51-31-35-57(36-32-51)82(4,5)6)40-64-75-66(88(22,23)24)47-61(86(16,17)18)49-71(75)93(73)79(64)68/h25-49H,1-24H3. The van der Waals surface area contributed by atoms with Crippen molar-refractivity contribution in [2.45, 2.75) is 209 Å². The fraction of sp³-hybridized carbons (Fsp3) is 0.364. The van der Waals surface area contributed by atoms with E-state index in [-0.39, 0.29) is 50.0 Å². The van der Waals surface area contributed by atoms with E-state index in [1.807, 2.05) is 0 Å². The van der Waals surface area contributed by atoms with E-state index >= 15 is 0 Å². The van der Waals surface area contributed by atoms with Crippen molar-refractivity contribution in [2.75, 3.05) is 0 Å². The highest BCUT2D eigenvalue weighted by Gasteiger charge is 2.44. The van der Waals surface area contributed by atoms with Crippen molar-refractivity contribution in [2.24, 2.45) is 0 Å². The van der Waals surface area contributed by atoms with Crippen LogP contribution >= 0.6 is 0 Å². The highest BCUT2D eigenvalue weighted by molar-refractivity contribution is 7.00. The van der Waals surface area contributed by atoms with Crippen molar-refractivity contribution < 1.29 is 0 Å². The van der Waals surface area contributed by atoms with E-state index < -0.39 is 0 Å². The maximum Gasteiger partial charge on any atom is 0.252 e. The maximum absolute atomic E-state index is 5.92. The summed E-state index contributed by atoms with van der Waals surface area (Å²) < 4.78 is 5.46. The second-order valence-corrected chi connectivity index (χ2v) is 36.2. The Balaban J connectivity index is 1.21. The molecule has 0 unspecified atom stereocenters. The maximum atomic E-state index is 5.92. The number of para-hydroxylation sites is 1. The lowest BCUT2D eigenvalue weighted by atomic mass is 9.34. The van der Waals surface area contributed by atoms with Gasteiger partial charge in [-0.2, -0.15) is 0 Å². The molecule has 93 heavy (non-hydrogen) atoms. The third-order valence-electron chi connectivity index (χ3n) is 20.8. The van der Waals surface area contributed by atoms with Gasteiger partial charge in [0.05, 0.1) is 22.2 Å². The Morgan fingerprint density at radius 3 is 1.08 bits per heavy atom. The molecule has 0 spiro atoms. The van der Waals surface area contributed by atoms with Gasteiger partial charge in [0.1, 0.15) is 0 Å². The Morgan fingerprint density at radius 2 is 0.688 bits per heavy atom. The number of benzene rings is 9. The normalized spacial score (nSPS) is 14.0. The average Bonchev–Trinajstić information content (AvgIpc) is 1.55. The van der Waals surface area contributed by atoms with Crippen molar-refractivity contribution >= 4 is 77.6 Å². The minimum atomic E-state index is -0.191. The first-order chi connectivity index (χ1) is 43.1. The van der Waals surface area contributed by atoms with Crippen molar-refractivity contribution in [1.82, 2.24) is 19.1 Å². The van der Waals surface area contributed by atoms with E-state index in [1.165, 1.54) is 138 Å². The molecule has 14 rings (SSSR count). The Morgan fingerprint density at radius 1 is 0.301 bits per heavy atom. The Kier molecular flexibility index (Phi) is 13.6. The Bertz CT molecular complexity index is 4840. The van der Waals surface area contributed by atoms with E-state index in [0.29, 0.717) is 0 Å². The summed E-state index contributed by atoms with van der Waals surface area (Å²) in [6, 6.07) is 60.4. The van der Waals surface area contributed by atoms with Gasteiger partial charge in [0.2, 0.25) is 0 Å². The lowest BCUT2D eigenvalue weighted by Gasteiger charge is -2.35. The second kappa shape index (κ2) is 20.3. The monoisotopic (exact) mass is 1220 g/mol. The first kappa shape index (κ1) is 62.4. The van der Waals surface area contributed by atoms with Crippen LogP contribution in [0.5, 0.6) is 0 Å². The largest absolute Gasteiger partial charge is 0.310 e. The summed E-state index contributed by atoms with van der Waals surface area (Å²) in [7, 11) is 0. The van der Waals surface area contributed by atoms with Gasteiger partial charge in [-0.15, -0.1) is 0 Å². The van der Waals surface area contributed by atoms with E-state index in [1.54, 1.807) is 0 Å². The van der Waals surface area contributed by atoms with E-state index in [9.17, 15) is 0 Å². The summed E-state index contributed by atoms with van der Waals surface area (Å²) >= 11 is 0. The van der Waals surface area contributed by atoms with Crippen LogP contribution < -0.4 is 16.4 Å². The molecule has 472 valence electrons. The first-order valence-electron chi connectivity index (χ1n) is 34.3. The summed E-state index contributed by atoms with van der Waals surface area (Å²) in [5.41, 5.74) is 30.2. The molecule has 12 aromatic rings. The predicted octanol–water partition coefficient (Wildman–Crippen LogP) is 22.0. The zero-order valence-electron chi connectivity index (χ0n) is 60.3. The molecule has 2 aliphatic heterocycles. The summed E-state index contributed by atoms with van der Waals surface area (Å²) in [4.78, 5) is 11.5. The quantitative estimate of drug-likeness (QED) is 0.165. The average molecular weight is 1220 g/mol. The Hall–Kier alpha value is -8.02. The van der Waals surface area contributed by atoms with Gasteiger partial charge in [-0.25, -0.2) is 9.97 Å². The smallest absolute Gasteiger partial charge is 0.252 e. The van der Waals surface area contributed by atoms with Gasteiger partial charge >= 0.3 is 0 Å². The topological polar surface area (TPSA) is 35.6 Å². The third-order valence-corrected chi connectivity index (χ3v) is 20.8. The zero-order chi connectivity index (χ0) is 66.7. The number of nitrogens with zero attached hydrogens (tertiary/aromatic N) is 4. The van der Waals surface area contributed by atoms with Gasteiger partial charge in [0, 0.05) is 60.5 Å². The van der Waals surface area contributed by atoms with Gasteiger partial charge in [0.15, 0.2) is 5.82 Å². The van der Waals surface area contributed by atoms with Crippen LogP contribution in [0, 0.1) is 0 Å². The van der Waals surface area contributed by atoms with Crippen LogP contribution in [0.25, 0.3) is 111 Å². The molecule has 4 nitrogen and oxygen atoms in total. The molecule has 9 aromatic carbocycles. The number of hydrogen-bond acceptors (Lipinski definition) is 2. The highest BCUT2D eigenvalue weighted by atomic mass is 15.0. The minimum absolute atomic E-state index is 0.0184. The molecule has 5 heteroatoms. The molecule has 3 aromatic heterocycles. The molecular formula is C88H97BN4. The molecule has 0 fully saturated rings. The van der Waals surface area contributed by atoms with Gasteiger partial charge < -0.3 is 9.13 Å². The van der Waals surface area contributed by atoms with Crippen LogP contribution in [-0.4, -0.2) is 25.8 Å². The van der Waals surface area contributed by atoms with Crippen molar-refractivity contribution in [3.8, 4) is 56.3 Å². The summed E-state index contributed by atoms with van der Waals surface area (Å²) in [5.74, 6) is 0.739. The molecule has 2 aliphatic rings. The van der Waals surface area contributed by atoms with E-state index in [0.717, 1.165) is 33.5 Å². The molecule has 0 saturated heterocycles. The molecule has 0 N–H and O–H groups in total. The second-order valence-electron chi connectivity index (χ2n) is 36.2.